The number of phenolic OH excluding ortho intramolecular Hbond substituents is 1. The number of aliphatic hydroxyl groups excluding tert-OH is 2. The number of likely N-dealkylation sites (N-methyl/N-ethyl adjacent to an activating group) is 1. The van der Waals surface area contributed by atoms with Crippen LogP contribution in [0.4, 0.5) is 18.9 Å². The molecule has 3 aliphatic rings. The third-order valence-electron chi connectivity index (χ3n) is 7.08. The molecular weight excluding hydrogens is 523 g/mol. The molecule has 16 heteroatoms. The van der Waals surface area contributed by atoms with Gasteiger partial charge in [-0.2, -0.15) is 0 Å². The Morgan fingerprint density at radius 1 is 1.26 bits per heavy atom. The van der Waals surface area contributed by atoms with Crippen LogP contribution in [0.3, 0.4) is 0 Å². The van der Waals surface area contributed by atoms with Crippen LogP contribution in [-0.2, 0) is 16.0 Å². The number of amides is 1. The predicted octanol–water partition coefficient (Wildman–Crippen LogP) is 0.927. The molecule has 6 N–H and O–H groups in total. The normalized spacial score (nSPS) is 27.2. The minimum Gasteiger partial charge on any atom is -0.510 e. The Morgan fingerprint density at radius 2 is 1.87 bits per heavy atom. The molecule has 0 saturated carbocycles. The summed E-state index contributed by atoms with van der Waals surface area (Å²) >= 11 is 0. The van der Waals surface area contributed by atoms with Gasteiger partial charge in [0, 0.05) is 17.1 Å². The molecule has 0 fully saturated rings. The molecule has 0 radical (unpaired) electrons. The largest absolute Gasteiger partial charge is 0.573 e. The van der Waals surface area contributed by atoms with Crippen LogP contribution in [0, 0.1) is 22.0 Å². The quantitative estimate of drug-likeness (QED) is 0.205. The van der Waals surface area contributed by atoms with Crippen LogP contribution in [-0.4, -0.2) is 79.8 Å². The molecule has 1 amide bonds. The first-order valence-corrected chi connectivity index (χ1v) is 10.9. The average Bonchev–Trinajstić information content (AvgIpc) is 2.76. The van der Waals surface area contributed by atoms with Crippen molar-refractivity contribution >= 4 is 23.2 Å². The van der Waals surface area contributed by atoms with E-state index in [2.05, 4.69) is 4.74 Å². The molecule has 4 rings (SSSR count). The van der Waals surface area contributed by atoms with E-state index in [1.165, 1.54) is 19.0 Å². The number of nitro benzene ring substituents is 1. The standard InChI is InChI=1S/C22H20F3N3O10/c1-27(2)14-8-4-6-3-7-10(38-22(23,24)25)5-9(28(36)37)15(29)12(7)16(30)11(6)18(32)21(8,35)19(33)13(17(14)31)20(26)34/h5-6,8,14,29,31-32,35H,3-4H2,1-2H3,(H2,26,34)/t6-,8-,14-,21-/m0/s1. The number of nitrogens with zero attached hydrogens (tertiary/aromatic N) is 2. The maximum Gasteiger partial charge on any atom is 0.573 e. The van der Waals surface area contributed by atoms with Crippen molar-refractivity contribution in [2.45, 2.75) is 30.8 Å². The summed E-state index contributed by atoms with van der Waals surface area (Å²) in [7, 11) is 2.81. The highest BCUT2D eigenvalue weighted by Gasteiger charge is 2.63. The molecule has 3 aliphatic carbocycles. The van der Waals surface area contributed by atoms with Crippen LogP contribution < -0.4 is 10.5 Å². The summed E-state index contributed by atoms with van der Waals surface area (Å²) in [4.78, 5) is 50.0. The number of benzene rings is 1. The van der Waals surface area contributed by atoms with E-state index in [-0.39, 0.29) is 0 Å². The van der Waals surface area contributed by atoms with Gasteiger partial charge >= 0.3 is 12.0 Å². The van der Waals surface area contributed by atoms with Crippen molar-refractivity contribution in [3.05, 3.63) is 50.0 Å². The molecule has 204 valence electrons. The number of carbonyl (C=O) groups is 3. The van der Waals surface area contributed by atoms with E-state index >= 15 is 0 Å². The summed E-state index contributed by atoms with van der Waals surface area (Å²) in [6, 6.07) is -1.00. The van der Waals surface area contributed by atoms with E-state index in [9.17, 15) is 58.1 Å². The summed E-state index contributed by atoms with van der Waals surface area (Å²) in [5.74, 6) is -11.5. The van der Waals surface area contributed by atoms with Crippen molar-refractivity contribution < 1.29 is 57.6 Å². The molecule has 0 unspecified atom stereocenters. The third-order valence-corrected chi connectivity index (χ3v) is 7.08. The third kappa shape index (κ3) is 3.66. The number of phenols is 1. The Labute approximate surface area is 210 Å². The van der Waals surface area contributed by atoms with Gasteiger partial charge in [0.1, 0.15) is 22.8 Å². The van der Waals surface area contributed by atoms with Crippen LogP contribution in [0.5, 0.6) is 11.5 Å². The zero-order valence-electron chi connectivity index (χ0n) is 19.6. The Morgan fingerprint density at radius 3 is 2.37 bits per heavy atom. The molecule has 0 bridgehead atoms. The lowest BCUT2D eigenvalue weighted by Gasteiger charge is -2.50. The Hall–Kier alpha value is -4.18. The summed E-state index contributed by atoms with van der Waals surface area (Å²) in [6.45, 7) is 0. The first-order chi connectivity index (χ1) is 17.4. The van der Waals surface area contributed by atoms with Gasteiger partial charge in [-0.25, -0.2) is 0 Å². The lowest BCUT2D eigenvalue weighted by Crippen LogP contribution is -2.63. The van der Waals surface area contributed by atoms with Gasteiger partial charge in [0.05, 0.1) is 22.6 Å². The molecule has 0 heterocycles. The fourth-order valence-electron chi connectivity index (χ4n) is 5.63. The highest BCUT2D eigenvalue weighted by Crippen LogP contribution is 2.54. The summed E-state index contributed by atoms with van der Waals surface area (Å²) in [6.07, 6.45) is -6.28. The number of nitrogens with two attached hydrogens (primary N) is 1. The molecule has 0 saturated heterocycles. The number of aromatic hydroxyl groups is 1. The van der Waals surface area contributed by atoms with E-state index in [4.69, 9.17) is 5.73 Å². The SMILES string of the molecule is CN(C)[C@@H]1C(O)=C(C(N)=O)C(=O)[C@@]2(O)C(O)=C3C(=O)c4c(O)c([N+](=O)[O-])cc(OC(F)(F)F)c4C[C@H]3C[C@@H]12. The van der Waals surface area contributed by atoms with E-state index in [0.717, 1.165) is 0 Å². The molecule has 0 spiro atoms. The van der Waals surface area contributed by atoms with Gasteiger partial charge in [0.15, 0.2) is 11.4 Å². The van der Waals surface area contributed by atoms with Crippen molar-refractivity contribution in [3.63, 3.8) is 0 Å². The van der Waals surface area contributed by atoms with Gasteiger partial charge < -0.3 is 30.9 Å². The zero-order chi connectivity index (χ0) is 28.6. The topological polar surface area (TPSA) is 214 Å². The molecule has 1 aromatic rings. The second kappa shape index (κ2) is 8.42. The number of ketones is 2. The lowest BCUT2D eigenvalue weighted by atomic mass is 9.58. The van der Waals surface area contributed by atoms with Crippen LogP contribution >= 0.6 is 0 Å². The second-order valence-corrected chi connectivity index (χ2v) is 9.36. The van der Waals surface area contributed by atoms with Gasteiger partial charge in [-0.1, -0.05) is 0 Å². The number of nitro groups is 1. The number of allylic oxidation sites excluding steroid dienone is 1. The maximum atomic E-state index is 13.5. The Balaban J connectivity index is 2.00. The Kier molecular flexibility index (Phi) is 5.95. The minimum absolute atomic E-state index is 0.309. The average molecular weight is 543 g/mol. The number of rotatable bonds is 4. The fraction of sp³-hybridized carbons (Fsp3) is 0.409. The number of Topliss-reactive ketones (excluding diaryl/α,β-unsaturated/α-hetero) is 2. The Bertz CT molecular complexity index is 1380. The lowest BCUT2D eigenvalue weighted by molar-refractivity contribution is -0.386. The van der Waals surface area contributed by atoms with Crippen molar-refractivity contribution in [1.29, 1.82) is 0 Å². The number of aliphatic hydroxyl groups is 3. The summed E-state index contributed by atoms with van der Waals surface area (Å²) in [5, 5.41) is 55.1. The molecule has 0 aliphatic heterocycles. The number of primary amides is 1. The van der Waals surface area contributed by atoms with Crippen LogP contribution in [0.1, 0.15) is 22.3 Å². The number of carbonyl (C=O) groups excluding carboxylic acids is 3. The number of fused-ring (bicyclic) bond motifs is 3. The van der Waals surface area contributed by atoms with Gasteiger partial charge in [0.25, 0.3) is 5.91 Å². The first-order valence-electron chi connectivity index (χ1n) is 10.9. The fourth-order valence-corrected chi connectivity index (χ4v) is 5.63. The highest BCUT2D eigenvalue weighted by atomic mass is 19.4. The zero-order valence-corrected chi connectivity index (χ0v) is 19.6. The van der Waals surface area contributed by atoms with Crippen molar-refractivity contribution in [2.24, 2.45) is 17.6 Å². The van der Waals surface area contributed by atoms with Gasteiger partial charge in [-0.3, -0.25) is 29.4 Å². The minimum atomic E-state index is -5.33. The maximum absolute atomic E-state index is 13.5. The van der Waals surface area contributed by atoms with E-state index in [1.54, 1.807) is 0 Å². The number of hydrogen-bond acceptors (Lipinski definition) is 11. The van der Waals surface area contributed by atoms with Crippen molar-refractivity contribution in [3.8, 4) is 11.5 Å². The van der Waals surface area contributed by atoms with Crippen LogP contribution in [0.15, 0.2) is 28.7 Å². The van der Waals surface area contributed by atoms with Crippen LogP contribution in [0.25, 0.3) is 0 Å². The predicted molar refractivity (Wildman–Crippen MR) is 117 cm³/mol. The smallest absolute Gasteiger partial charge is 0.510 e. The van der Waals surface area contributed by atoms with E-state index in [1.807, 2.05) is 0 Å². The van der Waals surface area contributed by atoms with Gasteiger partial charge in [-0.05, 0) is 32.9 Å². The number of halogens is 3. The molecule has 38 heavy (non-hydrogen) atoms. The van der Waals surface area contributed by atoms with E-state index < -0.39 is 116 Å². The summed E-state index contributed by atoms with van der Waals surface area (Å²) < 4.78 is 43.2. The molecule has 13 nitrogen and oxygen atoms in total. The molecule has 0 aromatic heterocycles. The van der Waals surface area contributed by atoms with E-state index in [0.29, 0.717) is 6.07 Å². The molecule has 1 aromatic carbocycles. The highest BCUT2D eigenvalue weighted by molar-refractivity contribution is 6.24. The van der Waals surface area contributed by atoms with Crippen molar-refractivity contribution in [2.75, 3.05) is 14.1 Å². The molecule has 4 atom stereocenters. The van der Waals surface area contributed by atoms with Crippen LogP contribution in [0.2, 0.25) is 0 Å². The van der Waals surface area contributed by atoms with Crippen molar-refractivity contribution in [1.82, 2.24) is 4.90 Å². The number of hydrogen-bond donors (Lipinski definition) is 5. The van der Waals surface area contributed by atoms with Gasteiger partial charge in [-0.15, -0.1) is 13.2 Å². The first kappa shape index (κ1) is 26.9. The number of ether oxygens (including phenoxy) is 1. The second-order valence-electron chi connectivity index (χ2n) is 9.36. The summed E-state index contributed by atoms with van der Waals surface area (Å²) in [5.41, 5.74) is -2.34. The monoisotopic (exact) mass is 543 g/mol. The number of alkyl halides is 3. The molecular formula is C22H20F3N3O10. The van der Waals surface area contributed by atoms with Gasteiger partial charge in [0.2, 0.25) is 11.5 Å².